The number of hydrogen-bond donors (Lipinski definition) is 1. The smallest absolute Gasteiger partial charge is 0.228 e. The first-order valence-electron chi connectivity index (χ1n) is 12.4. The van der Waals surface area contributed by atoms with E-state index in [1.807, 2.05) is 62.8 Å². The van der Waals surface area contributed by atoms with Crippen LogP contribution in [0.15, 0.2) is 48.5 Å². The van der Waals surface area contributed by atoms with Crippen molar-refractivity contribution in [2.75, 3.05) is 36.5 Å². The first-order chi connectivity index (χ1) is 17.9. The molecule has 3 aromatic heterocycles. The lowest BCUT2D eigenvalue weighted by molar-refractivity contribution is 0.122. The number of nitrogens with one attached hydrogen (secondary N) is 1. The molecule has 1 aliphatic rings. The lowest BCUT2D eigenvalue weighted by Gasteiger charge is -2.27. The normalized spacial score (nSPS) is 13.9. The van der Waals surface area contributed by atoms with E-state index >= 15 is 0 Å². The van der Waals surface area contributed by atoms with Crippen LogP contribution in [0.25, 0.3) is 27.8 Å². The molecule has 1 fully saturated rings. The summed E-state index contributed by atoms with van der Waals surface area (Å²) < 4.78 is 7.46. The summed E-state index contributed by atoms with van der Waals surface area (Å²) in [7, 11) is 1.97. The Bertz CT molecular complexity index is 1560. The van der Waals surface area contributed by atoms with Crippen molar-refractivity contribution in [3.63, 3.8) is 0 Å². The van der Waals surface area contributed by atoms with Crippen LogP contribution in [0.1, 0.15) is 17.1 Å². The monoisotopic (exact) mass is 495 g/mol. The van der Waals surface area contributed by atoms with E-state index in [-0.39, 0.29) is 0 Å². The van der Waals surface area contributed by atoms with Gasteiger partial charge in [-0.2, -0.15) is 25.1 Å². The molecular formula is C27H29N9O. The van der Waals surface area contributed by atoms with Crippen molar-refractivity contribution in [3.8, 4) is 16.9 Å². The molecule has 0 aliphatic carbocycles. The summed E-state index contributed by atoms with van der Waals surface area (Å²) >= 11 is 0. The zero-order valence-corrected chi connectivity index (χ0v) is 21.4. The molecule has 4 heterocycles. The van der Waals surface area contributed by atoms with Crippen molar-refractivity contribution in [2.45, 2.75) is 20.8 Å². The second-order valence-corrected chi connectivity index (χ2v) is 9.31. The number of fused-ring (bicyclic) bond motifs is 1. The summed E-state index contributed by atoms with van der Waals surface area (Å²) in [5.74, 6) is 1.41. The van der Waals surface area contributed by atoms with Crippen LogP contribution in [0.3, 0.4) is 0 Å². The molecule has 0 bridgehead atoms. The second kappa shape index (κ2) is 9.29. The van der Waals surface area contributed by atoms with Gasteiger partial charge < -0.3 is 15.0 Å². The van der Waals surface area contributed by atoms with Crippen molar-refractivity contribution in [1.82, 2.24) is 34.7 Å². The van der Waals surface area contributed by atoms with Gasteiger partial charge in [-0.3, -0.25) is 4.68 Å². The highest BCUT2D eigenvalue weighted by Gasteiger charge is 2.17. The lowest BCUT2D eigenvalue weighted by Crippen LogP contribution is -2.37. The molecule has 10 nitrogen and oxygen atoms in total. The van der Waals surface area contributed by atoms with Gasteiger partial charge >= 0.3 is 0 Å². The highest BCUT2D eigenvalue weighted by molar-refractivity contribution is 5.86. The lowest BCUT2D eigenvalue weighted by atomic mass is 10.1. The van der Waals surface area contributed by atoms with E-state index < -0.39 is 0 Å². The minimum absolute atomic E-state index is 0.665. The minimum Gasteiger partial charge on any atom is -0.378 e. The van der Waals surface area contributed by atoms with Crippen LogP contribution in [-0.2, 0) is 11.8 Å². The summed E-state index contributed by atoms with van der Waals surface area (Å²) in [5, 5.41) is 18.1. The van der Waals surface area contributed by atoms with Crippen LogP contribution in [-0.4, -0.2) is 61.0 Å². The molecular weight excluding hydrogens is 466 g/mol. The number of benzene rings is 2. The number of ether oxygens (including phenoxy) is 1. The molecule has 0 radical (unpaired) electrons. The highest BCUT2D eigenvalue weighted by Crippen LogP contribution is 2.29. The maximum Gasteiger partial charge on any atom is 0.228 e. The third kappa shape index (κ3) is 4.51. The fourth-order valence-corrected chi connectivity index (χ4v) is 4.54. The fraction of sp³-hybridized carbons (Fsp3) is 0.296. The van der Waals surface area contributed by atoms with Gasteiger partial charge in [-0.25, -0.2) is 4.98 Å². The number of hydrogen-bond acceptors (Lipinski definition) is 8. The maximum atomic E-state index is 5.55. The second-order valence-electron chi connectivity index (χ2n) is 9.31. The molecule has 0 saturated carbocycles. The molecule has 2 aromatic carbocycles. The summed E-state index contributed by atoms with van der Waals surface area (Å²) in [6, 6.07) is 16.3. The average molecular weight is 496 g/mol. The van der Waals surface area contributed by atoms with Gasteiger partial charge in [0.25, 0.3) is 0 Å². The van der Waals surface area contributed by atoms with Gasteiger partial charge in [0.05, 0.1) is 47.2 Å². The molecule has 188 valence electrons. The first kappa shape index (κ1) is 23.1. The number of nitrogens with zero attached hydrogens (tertiary/aromatic N) is 8. The number of aromatic nitrogens is 7. The Balaban J connectivity index is 1.35. The summed E-state index contributed by atoms with van der Waals surface area (Å²) in [6.45, 7) is 8.79. The molecule has 1 N–H and O–H groups in total. The van der Waals surface area contributed by atoms with Crippen molar-refractivity contribution in [2.24, 2.45) is 7.05 Å². The Labute approximate surface area is 214 Å². The minimum atomic E-state index is 0.665. The largest absolute Gasteiger partial charge is 0.378 e. The predicted octanol–water partition coefficient (Wildman–Crippen LogP) is 4.12. The van der Waals surface area contributed by atoms with Crippen LogP contribution in [0, 0.1) is 20.8 Å². The number of anilines is 3. The van der Waals surface area contributed by atoms with Gasteiger partial charge in [-0.1, -0.05) is 12.1 Å². The van der Waals surface area contributed by atoms with Crippen molar-refractivity contribution in [1.29, 1.82) is 0 Å². The Hall–Kier alpha value is -4.31. The van der Waals surface area contributed by atoms with Crippen LogP contribution < -0.4 is 10.2 Å². The molecule has 0 amide bonds. The number of aryl methyl sites for hydroxylation is 4. The van der Waals surface area contributed by atoms with Gasteiger partial charge in [0.2, 0.25) is 5.95 Å². The zero-order chi connectivity index (χ0) is 25.5. The van der Waals surface area contributed by atoms with Gasteiger partial charge in [0.1, 0.15) is 5.82 Å². The van der Waals surface area contributed by atoms with Gasteiger partial charge in [0, 0.05) is 42.8 Å². The molecule has 10 heteroatoms. The van der Waals surface area contributed by atoms with E-state index in [0.717, 1.165) is 69.5 Å². The Morgan fingerprint density at radius 3 is 2.27 bits per heavy atom. The molecule has 6 rings (SSSR count). The van der Waals surface area contributed by atoms with Gasteiger partial charge in [-0.05, 0) is 51.1 Å². The van der Waals surface area contributed by atoms with E-state index in [1.165, 1.54) is 0 Å². The molecule has 5 aromatic rings. The topological polar surface area (TPSA) is 98.8 Å². The Morgan fingerprint density at radius 2 is 1.54 bits per heavy atom. The first-order valence-corrected chi connectivity index (χ1v) is 12.4. The molecule has 1 aliphatic heterocycles. The third-order valence-corrected chi connectivity index (χ3v) is 6.72. The van der Waals surface area contributed by atoms with E-state index in [1.54, 1.807) is 4.80 Å². The van der Waals surface area contributed by atoms with E-state index in [0.29, 0.717) is 19.2 Å². The quantitative estimate of drug-likeness (QED) is 0.389. The summed E-state index contributed by atoms with van der Waals surface area (Å²) in [4.78, 5) is 13.6. The van der Waals surface area contributed by atoms with Crippen molar-refractivity contribution >= 4 is 28.4 Å². The zero-order valence-electron chi connectivity index (χ0n) is 21.4. The molecule has 0 atom stereocenters. The highest BCUT2D eigenvalue weighted by atomic mass is 16.5. The van der Waals surface area contributed by atoms with Crippen molar-refractivity contribution < 1.29 is 4.74 Å². The number of morpholine rings is 1. The Morgan fingerprint density at radius 1 is 0.811 bits per heavy atom. The molecule has 37 heavy (non-hydrogen) atoms. The molecule has 1 saturated heterocycles. The van der Waals surface area contributed by atoms with E-state index in [2.05, 4.69) is 43.7 Å². The van der Waals surface area contributed by atoms with Gasteiger partial charge in [0.15, 0.2) is 0 Å². The maximum absolute atomic E-state index is 5.55. The Kier molecular flexibility index (Phi) is 5.80. The fourth-order valence-electron chi connectivity index (χ4n) is 4.54. The molecule has 0 unspecified atom stereocenters. The van der Waals surface area contributed by atoms with Crippen LogP contribution in [0.4, 0.5) is 17.5 Å². The SMILES string of the molecule is Cc1nn(-c2ccc(Nc3cc(-c4ccc5c(C)nn(C)c5c4)nc(N4CCOCC4)n3)cc2)nc1C. The van der Waals surface area contributed by atoms with Gasteiger partial charge in [-0.15, -0.1) is 0 Å². The number of rotatable bonds is 5. The third-order valence-electron chi connectivity index (χ3n) is 6.72. The van der Waals surface area contributed by atoms with Crippen LogP contribution >= 0.6 is 0 Å². The summed E-state index contributed by atoms with van der Waals surface area (Å²) in [5.41, 5.74) is 7.62. The van der Waals surface area contributed by atoms with Crippen LogP contribution in [0.2, 0.25) is 0 Å². The molecule has 0 spiro atoms. The predicted molar refractivity (Wildman–Crippen MR) is 144 cm³/mol. The van der Waals surface area contributed by atoms with Crippen molar-refractivity contribution in [3.05, 3.63) is 65.6 Å². The summed E-state index contributed by atoms with van der Waals surface area (Å²) in [6.07, 6.45) is 0. The van der Waals surface area contributed by atoms with E-state index in [4.69, 9.17) is 14.7 Å². The van der Waals surface area contributed by atoms with Crippen LogP contribution in [0.5, 0.6) is 0 Å². The van der Waals surface area contributed by atoms with E-state index in [9.17, 15) is 0 Å². The average Bonchev–Trinajstić information content (AvgIpc) is 3.41. The standard InChI is InChI=1S/C27H29N9O/c1-17-18(2)33-36(32-17)22-8-6-21(7-9-22)28-26-16-24(29-27(30-26)35-11-13-37-14-12-35)20-5-10-23-19(3)31-34(4)25(23)15-20/h5-10,15-16H,11-14H2,1-4H3,(H,28,29,30).